The van der Waals surface area contributed by atoms with Crippen LogP contribution in [0.3, 0.4) is 0 Å². The molecule has 0 saturated carbocycles. The second-order valence-corrected chi connectivity index (χ2v) is 4.28. The molecular formula is C7H9ClN2O3S. The highest BCUT2D eigenvalue weighted by Crippen LogP contribution is 2.17. The average Bonchev–Trinajstić information content (AvgIpc) is 2.15. The smallest absolute Gasteiger partial charge is 0.265 e. The Morgan fingerprint density at radius 3 is 2.93 bits per heavy atom. The zero-order valence-electron chi connectivity index (χ0n) is 7.40. The molecule has 1 N–H and O–H groups in total. The first kappa shape index (κ1) is 11.4. The van der Waals surface area contributed by atoms with Gasteiger partial charge in [0, 0.05) is 6.20 Å². The first-order valence-corrected chi connectivity index (χ1v) is 5.68. The van der Waals surface area contributed by atoms with E-state index in [-0.39, 0.29) is 16.7 Å². The minimum Gasteiger partial charge on any atom is -0.287 e. The van der Waals surface area contributed by atoms with Crippen LogP contribution in [0.4, 0.5) is 0 Å². The number of rotatable bonds is 4. The molecule has 1 rings (SSSR count). The standard InChI is InChI=1S/C7H9ClN2O3S/c1-2-13-10-14(11,12)6-4-3-5-9-7(6)8/h3-5,10H,2H2,1H3. The molecule has 0 unspecified atom stereocenters. The van der Waals surface area contributed by atoms with Gasteiger partial charge in [0.2, 0.25) is 0 Å². The van der Waals surface area contributed by atoms with Gasteiger partial charge in [-0.15, -0.1) is 0 Å². The van der Waals surface area contributed by atoms with Gasteiger partial charge in [0.15, 0.2) is 0 Å². The summed E-state index contributed by atoms with van der Waals surface area (Å²) in [7, 11) is -3.72. The average molecular weight is 237 g/mol. The van der Waals surface area contributed by atoms with Crippen molar-refractivity contribution >= 4 is 21.6 Å². The zero-order valence-corrected chi connectivity index (χ0v) is 8.97. The third-order valence-corrected chi connectivity index (χ3v) is 2.99. The van der Waals surface area contributed by atoms with E-state index in [1.807, 2.05) is 4.89 Å². The van der Waals surface area contributed by atoms with Crippen molar-refractivity contribution in [3.8, 4) is 0 Å². The summed E-state index contributed by atoms with van der Waals surface area (Å²) < 4.78 is 22.9. The third-order valence-electron chi connectivity index (χ3n) is 1.33. The Bertz CT molecular complexity index is 407. The molecule has 1 aromatic heterocycles. The minimum atomic E-state index is -3.72. The van der Waals surface area contributed by atoms with E-state index in [4.69, 9.17) is 11.6 Å². The molecule has 7 heteroatoms. The molecule has 14 heavy (non-hydrogen) atoms. The highest BCUT2D eigenvalue weighted by atomic mass is 35.5. The molecule has 0 amide bonds. The van der Waals surface area contributed by atoms with Gasteiger partial charge in [0.1, 0.15) is 10.0 Å². The number of hydrogen-bond donors (Lipinski definition) is 1. The molecule has 5 nitrogen and oxygen atoms in total. The van der Waals surface area contributed by atoms with E-state index in [1.165, 1.54) is 18.3 Å². The van der Waals surface area contributed by atoms with E-state index in [9.17, 15) is 8.42 Å². The fourth-order valence-corrected chi connectivity index (χ4v) is 2.07. The lowest BCUT2D eigenvalue weighted by molar-refractivity contribution is 0.105. The van der Waals surface area contributed by atoms with Gasteiger partial charge < -0.3 is 0 Å². The number of sulfonamides is 1. The fourth-order valence-electron chi connectivity index (χ4n) is 0.753. The van der Waals surface area contributed by atoms with Crippen LogP contribution >= 0.6 is 11.6 Å². The quantitative estimate of drug-likeness (QED) is 0.625. The Morgan fingerprint density at radius 2 is 2.36 bits per heavy atom. The number of halogens is 1. The number of aromatic nitrogens is 1. The Kier molecular flexibility index (Phi) is 3.82. The SMILES string of the molecule is CCONS(=O)(=O)c1cccnc1Cl. The van der Waals surface area contributed by atoms with Gasteiger partial charge in [-0.3, -0.25) is 4.84 Å². The highest BCUT2D eigenvalue weighted by molar-refractivity contribution is 7.89. The third kappa shape index (κ3) is 2.65. The van der Waals surface area contributed by atoms with E-state index in [2.05, 4.69) is 9.82 Å². The Balaban J connectivity index is 2.99. The molecular weight excluding hydrogens is 228 g/mol. The Morgan fingerprint density at radius 1 is 1.64 bits per heavy atom. The molecule has 0 aliphatic heterocycles. The molecule has 0 saturated heterocycles. The topological polar surface area (TPSA) is 68.3 Å². The van der Waals surface area contributed by atoms with E-state index in [1.54, 1.807) is 6.92 Å². The van der Waals surface area contributed by atoms with E-state index >= 15 is 0 Å². The van der Waals surface area contributed by atoms with Gasteiger partial charge in [-0.2, -0.15) is 0 Å². The van der Waals surface area contributed by atoms with Crippen molar-refractivity contribution in [1.82, 2.24) is 9.87 Å². The summed E-state index contributed by atoms with van der Waals surface area (Å²) in [5.41, 5.74) is 0. The predicted molar refractivity (Wildman–Crippen MR) is 51.2 cm³/mol. The van der Waals surface area contributed by atoms with Crippen LogP contribution in [-0.2, 0) is 14.9 Å². The molecule has 0 aliphatic rings. The van der Waals surface area contributed by atoms with E-state index in [0.717, 1.165) is 0 Å². The van der Waals surface area contributed by atoms with Crippen molar-refractivity contribution in [1.29, 1.82) is 0 Å². The second kappa shape index (κ2) is 4.70. The molecule has 1 heterocycles. The van der Waals surface area contributed by atoms with Crippen LogP contribution in [-0.4, -0.2) is 20.0 Å². The lowest BCUT2D eigenvalue weighted by atomic mass is 10.5. The van der Waals surface area contributed by atoms with Crippen LogP contribution < -0.4 is 4.89 Å². The summed E-state index contributed by atoms with van der Waals surface area (Å²) >= 11 is 5.60. The summed E-state index contributed by atoms with van der Waals surface area (Å²) in [5, 5.41) is -0.0836. The fraction of sp³-hybridized carbons (Fsp3) is 0.286. The number of hydrogen-bond acceptors (Lipinski definition) is 4. The largest absolute Gasteiger partial charge is 0.287 e. The first-order chi connectivity index (χ1) is 6.58. The van der Waals surface area contributed by atoms with Gasteiger partial charge in [0.25, 0.3) is 10.0 Å². The van der Waals surface area contributed by atoms with Crippen molar-refractivity contribution in [2.24, 2.45) is 0 Å². The van der Waals surface area contributed by atoms with Crippen LogP contribution in [0.1, 0.15) is 6.92 Å². The van der Waals surface area contributed by atoms with Gasteiger partial charge >= 0.3 is 0 Å². The summed E-state index contributed by atoms with van der Waals surface area (Å²) in [6.07, 6.45) is 1.40. The number of pyridine rings is 1. The minimum absolute atomic E-state index is 0.0836. The van der Waals surface area contributed by atoms with Gasteiger partial charge in [0.05, 0.1) is 6.61 Å². The maximum absolute atomic E-state index is 11.5. The maximum Gasteiger partial charge on any atom is 0.265 e. The normalized spacial score (nSPS) is 11.6. The first-order valence-electron chi connectivity index (χ1n) is 3.82. The van der Waals surface area contributed by atoms with Crippen LogP contribution in [0.25, 0.3) is 0 Å². The van der Waals surface area contributed by atoms with Crippen molar-refractivity contribution in [2.75, 3.05) is 6.61 Å². The molecule has 0 aliphatic carbocycles. The van der Waals surface area contributed by atoms with Crippen molar-refractivity contribution < 1.29 is 13.3 Å². The molecule has 0 atom stereocenters. The van der Waals surface area contributed by atoms with Crippen LogP contribution in [0.2, 0.25) is 5.15 Å². The van der Waals surface area contributed by atoms with Crippen molar-refractivity contribution in [3.63, 3.8) is 0 Å². The molecule has 0 spiro atoms. The Labute approximate surface area is 87.1 Å². The Hall–Kier alpha value is -0.690. The molecule has 0 aromatic carbocycles. The van der Waals surface area contributed by atoms with Crippen LogP contribution in [0.15, 0.2) is 23.2 Å². The summed E-state index contributed by atoms with van der Waals surface area (Å²) in [6, 6.07) is 2.82. The van der Waals surface area contributed by atoms with Crippen molar-refractivity contribution in [3.05, 3.63) is 23.5 Å². The van der Waals surface area contributed by atoms with E-state index < -0.39 is 10.0 Å². The van der Waals surface area contributed by atoms with Gasteiger partial charge in [-0.1, -0.05) is 16.5 Å². The highest BCUT2D eigenvalue weighted by Gasteiger charge is 2.17. The summed E-state index contributed by atoms with van der Waals surface area (Å²) in [6.45, 7) is 1.89. The molecule has 78 valence electrons. The van der Waals surface area contributed by atoms with Gasteiger partial charge in [-0.05, 0) is 19.1 Å². The van der Waals surface area contributed by atoms with Crippen LogP contribution in [0, 0.1) is 0 Å². The molecule has 0 bridgehead atoms. The number of nitrogens with zero attached hydrogens (tertiary/aromatic N) is 1. The monoisotopic (exact) mass is 236 g/mol. The van der Waals surface area contributed by atoms with Crippen molar-refractivity contribution in [2.45, 2.75) is 11.8 Å². The maximum atomic E-state index is 11.5. The molecule has 0 fully saturated rings. The summed E-state index contributed by atoms with van der Waals surface area (Å²) in [5.74, 6) is 0. The molecule has 0 radical (unpaired) electrons. The lowest BCUT2D eigenvalue weighted by Gasteiger charge is -2.05. The van der Waals surface area contributed by atoms with Gasteiger partial charge in [-0.25, -0.2) is 13.4 Å². The number of nitrogens with one attached hydrogen (secondary N) is 1. The summed E-state index contributed by atoms with van der Waals surface area (Å²) in [4.78, 5) is 10.0. The predicted octanol–water partition coefficient (Wildman–Crippen LogP) is 0.965. The van der Waals surface area contributed by atoms with Crippen LogP contribution in [0.5, 0.6) is 0 Å². The lowest BCUT2D eigenvalue weighted by Crippen LogP contribution is -2.24. The molecule has 1 aromatic rings. The zero-order chi connectivity index (χ0) is 10.6. The second-order valence-electron chi connectivity index (χ2n) is 2.31. The van der Waals surface area contributed by atoms with E-state index in [0.29, 0.717) is 0 Å².